The van der Waals surface area contributed by atoms with Gasteiger partial charge in [-0.3, -0.25) is 9.59 Å². The van der Waals surface area contributed by atoms with Crippen LogP contribution in [0.3, 0.4) is 0 Å². The summed E-state index contributed by atoms with van der Waals surface area (Å²) in [6.07, 6.45) is 0.348. The van der Waals surface area contributed by atoms with Gasteiger partial charge in [0.15, 0.2) is 5.65 Å². The van der Waals surface area contributed by atoms with Gasteiger partial charge in [-0.15, -0.1) is 5.10 Å². The standard InChI is InChI=1S/C29H32F3N7O2/c30-29(31,32)10-7-24(40)37-15-8-20(9-16-37)23-2-1-14-39-25(23)35-27(36-39)34-22-5-3-21(4-6-22)26(41)38-17-12-28(19-38)11-13-33-18-28/h1-6,8,14,33H,7,9-13,15-19H2,(H,34,36). The molecule has 0 aliphatic carbocycles. The number of rotatable bonds is 6. The maximum Gasteiger partial charge on any atom is 0.389 e. The zero-order chi connectivity index (χ0) is 28.6. The van der Waals surface area contributed by atoms with Gasteiger partial charge in [0.05, 0.1) is 6.42 Å². The molecule has 2 saturated heterocycles. The van der Waals surface area contributed by atoms with Gasteiger partial charge in [-0.05, 0) is 67.8 Å². The Bertz CT molecular complexity index is 1480. The third kappa shape index (κ3) is 5.92. The van der Waals surface area contributed by atoms with E-state index in [0.717, 1.165) is 55.8 Å². The van der Waals surface area contributed by atoms with Crippen molar-refractivity contribution in [2.24, 2.45) is 5.41 Å². The lowest BCUT2D eigenvalue weighted by Crippen LogP contribution is -2.35. The highest BCUT2D eigenvalue weighted by molar-refractivity contribution is 5.95. The molecule has 3 aliphatic rings. The molecule has 0 saturated carbocycles. The second-order valence-electron chi connectivity index (χ2n) is 11.2. The Balaban J connectivity index is 1.10. The topological polar surface area (TPSA) is 94.9 Å². The molecule has 0 radical (unpaired) electrons. The lowest BCUT2D eigenvalue weighted by molar-refractivity contribution is -0.148. The molecule has 2 fully saturated rings. The largest absolute Gasteiger partial charge is 0.389 e. The Morgan fingerprint density at radius 2 is 1.90 bits per heavy atom. The first-order chi connectivity index (χ1) is 19.7. The van der Waals surface area contributed by atoms with E-state index in [1.807, 2.05) is 47.4 Å². The van der Waals surface area contributed by atoms with Crippen LogP contribution in [0.2, 0.25) is 0 Å². The number of fused-ring (bicyclic) bond motifs is 1. The first kappa shape index (κ1) is 27.3. The first-order valence-electron chi connectivity index (χ1n) is 13.9. The quantitative estimate of drug-likeness (QED) is 0.463. The van der Waals surface area contributed by atoms with Crippen molar-refractivity contribution in [3.8, 4) is 0 Å². The molecule has 216 valence electrons. The van der Waals surface area contributed by atoms with E-state index in [1.54, 1.807) is 10.7 Å². The van der Waals surface area contributed by atoms with Gasteiger partial charge in [0.1, 0.15) is 0 Å². The monoisotopic (exact) mass is 567 g/mol. The van der Waals surface area contributed by atoms with Crippen molar-refractivity contribution < 1.29 is 22.8 Å². The number of hydrogen-bond acceptors (Lipinski definition) is 6. The number of halogens is 3. The van der Waals surface area contributed by atoms with Gasteiger partial charge >= 0.3 is 6.18 Å². The summed E-state index contributed by atoms with van der Waals surface area (Å²) >= 11 is 0. The van der Waals surface area contributed by atoms with Crippen molar-refractivity contribution in [2.75, 3.05) is 44.6 Å². The van der Waals surface area contributed by atoms with Crippen molar-refractivity contribution in [1.29, 1.82) is 0 Å². The van der Waals surface area contributed by atoms with E-state index in [1.165, 1.54) is 4.90 Å². The highest BCUT2D eigenvalue weighted by Gasteiger charge is 2.42. The van der Waals surface area contributed by atoms with Crippen molar-refractivity contribution >= 4 is 34.7 Å². The molecule has 2 aromatic heterocycles. The van der Waals surface area contributed by atoms with Gasteiger partial charge in [0, 0.05) is 67.6 Å². The maximum atomic E-state index is 13.1. The molecule has 9 nitrogen and oxygen atoms in total. The number of nitrogens with zero attached hydrogens (tertiary/aromatic N) is 5. The number of hydrogen-bond donors (Lipinski definition) is 2. The van der Waals surface area contributed by atoms with E-state index in [2.05, 4.69) is 20.7 Å². The van der Waals surface area contributed by atoms with E-state index >= 15 is 0 Å². The smallest absolute Gasteiger partial charge is 0.339 e. The minimum Gasteiger partial charge on any atom is -0.339 e. The molecule has 3 aromatic rings. The average Bonchev–Trinajstić information content (AvgIpc) is 3.71. The molecule has 12 heteroatoms. The van der Waals surface area contributed by atoms with Crippen LogP contribution in [0.25, 0.3) is 11.2 Å². The number of pyridine rings is 1. The Morgan fingerprint density at radius 3 is 2.61 bits per heavy atom. The number of carbonyl (C=O) groups excluding carboxylic acids is 2. The second-order valence-corrected chi connectivity index (χ2v) is 11.2. The Labute approximate surface area is 235 Å². The van der Waals surface area contributed by atoms with Crippen molar-refractivity contribution in [1.82, 2.24) is 29.7 Å². The summed E-state index contributed by atoms with van der Waals surface area (Å²) < 4.78 is 39.1. The number of alkyl halides is 3. The summed E-state index contributed by atoms with van der Waals surface area (Å²) in [7, 11) is 0. The van der Waals surface area contributed by atoms with Crippen LogP contribution in [0.4, 0.5) is 24.8 Å². The van der Waals surface area contributed by atoms with Gasteiger partial charge in [0.25, 0.3) is 5.91 Å². The highest BCUT2D eigenvalue weighted by Crippen LogP contribution is 2.36. The second kappa shape index (κ2) is 10.8. The third-order valence-electron chi connectivity index (χ3n) is 8.34. The van der Waals surface area contributed by atoms with E-state index in [-0.39, 0.29) is 17.9 Å². The first-order valence-corrected chi connectivity index (χ1v) is 13.9. The molecule has 1 atom stereocenters. The fourth-order valence-electron chi connectivity index (χ4n) is 6.02. The fourth-order valence-corrected chi connectivity index (χ4v) is 6.02. The molecular weight excluding hydrogens is 535 g/mol. The lowest BCUT2D eigenvalue weighted by atomic mass is 9.86. The number of likely N-dealkylation sites (tertiary alicyclic amines) is 1. The van der Waals surface area contributed by atoms with Crippen LogP contribution >= 0.6 is 0 Å². The van der Waals surface area contributed by atoms with Crippen LogP contribution in [-0.4, -0.2) is 81.7 Å². The summed E-state index contributed by atoms with van der Waals surface area (Å²) in [5.74, 6) is -0.0442. The normalized spacial score (nSPS) is 21.1. The zero-order valence-electron chi connectivity index (χ0n) is 22.6. The molecule has 2 N–H and O–H groups in total. The molecule has 6 rings (SSSR count). The molecule has 1 aromatic carbocycles. The number of benzene rings is 1. The van der Waals surface area contributed by atoms with Gasteiger partial charge in [-0.25, -0.2) is 4.52 Å². The van der Waals surface area contributed by atoms with Crippen molar-refractivity contribution in [2.45, 2.75) is 38.3 Å². The van der Waals surface area contributed by atoms with E-state index < -0.39 is 24.9 Å². The minimum absolute atomic E-state index is 0.0530. The summed E-state index contributed by atoms with van der Waals surface area (Å²) in [6.45, 7) is 4.20. The third-order valence-corrected chi connectivity index (χ3v) is 8.34. The number of carbonyl (C=O) groups is 2. The fraction of sp³-hybridized carbons (Fsp3) is 0.448. The van der Waals surface area contributed by atoms with Gasteiger partial charge in [0.2, 0.25) is 11.9 Å². The molecule has 3 aliphatic heterocycles. The predicted octanol–water partition coefficient (Wildman–Crippen LogP) is 4.26. The number of anilines is 2. The number of amides is 2. The van der Waals surface area contributed by atoms with Crippen LogP contribution in [0, 0.1) is 5.41 Å². The van der Waals surface area contributed by atoms with Crippen LogP contribution in [0.5, 0.6) is 0 Å². The molecule has 1 spiro atoms. The number of aromatic nitrogens is 3. The van der Waals surface area contributed by atoms with E-state index in [9.17, 15) is 22.8 Å². The van der Waals surface area contributed by atoms with Crippen molar-refractivity contribution in [3.63, 3.8) is 0 Å². The Hall–Kier alpha value is -3.93. The SMILES string of the molecule is O=C(CCC(F)(F)F)N1CC=C(c2cccn3nc(Nc4ccc(C(=O)N5CCC6(CCNC6)C5)cc4)nc23)CC1. The Morgan fingerprint density at radius 1 is 1.07 bits per heavy atom. The predicted molar refractivity (Wildman–Crippen MR) is 148 cm³/mol. The van der Waals surface area contributed by atoms with Crippen LogP contribution in [0.1, 0.15) is 48.0 Å². The maximum absolute atomic E-state index is 13.1. The van der Waals surface area contributed by atoms with Gasteiger partial charge in [-0.1, -0.05) is 6.08 Å². The van der Waals surface area contributed by atoms with Crippen LogP contribution in [0.15, 0.2) is 48.7 Å². The average molecular weight is 568 g/mol. The highest BCUT2D eigenvalue weighted by atomic mass is 19.4. The molecule has 2 amide bonds. The molecular formula is C29H32F3N7O2. The number of nitrogens with one attached hydrogen (secondary N) is 2. The van der Waals surface area contributed by atoms with E-state index in [4.69, 9.17) is 0 Å². The van der Waals surface area contributed by atoms with Crippen LogP contribution in [-0.2, 0) is 4.79 Å². The summed E-state index contributed by atoms with van der Waals surface area (Å²) in [6, 6.07) is 11.1. The Kier molecular flexibility index (Phi) is 7.18. The molecule has 41 heavy (non-hydrogen) atoms. The zero-order valence-corrected chi connectivity index (χ0v) is 22.6. The lowest BCUT2D eigenvalue weighted by Gasteiger charge is -2.27. The summed E-state index contributed by atoms with van der Waals surface area (Å²) in [5.41, 5.74) is 4.09. The van der Waals surface area contributed by atoms with Gasteiger partial charge < -0.3 is 20.4 Å². The minimum atomic E-state index is -4.34. The molecule has 5 heterocycles. The molecule has 0 bridgehead atoms. The summed E-state index contributed by atoms with van der Waals surface area (Å²) in [5, 5.41) is 11.2. The van der Waals surface area contributed by atoms with Crippen LogP contribution < -0.4 is 10.6 Å². The summed E-state index contributed by atoms with van der Waals surface area (Å²) in [4.78, 5) is 33.3. The molecule has 1 unspecified atom stereocenters. The van der Waals surface area contributed by atoms with Crippen molar-refractivity contribution in [3.05, 3.63) is 59.8 Å². The van der Waals surface area contributed by atoms with Gasteiger partial charge in [-0.2, -0.15) is 18.2 Å². The van der Waals surface area contributed by atoms with E-state index in [0.29, 0.717) is 30.1 Å².